The zero-order chi connectivity index (χ0) is 8.39. The van der Waals surface area contributed by atoms with E-state index in [9.17, 15) is 4.79 Å². The lowest BCUT2D eigenvalue weighted by Gasteiger charge is -2.29. The van der Waals surface area contributed by atoms with Gasteiger partial charge >= 0.3 is 6.09 Å². The van der Waals surface area contributed by atoms with Crippen molar-refractivity contribution in [2.75, 3.05) is 13.1 Å². The summed E-state index contributed by atoms with van der Waals surface area (Å²) in [5.41, 5.74) is 0. The third-order valence-corrected chi connectivity index (χ3v) is 1.88. The monoisotopic (exact) mass is 166 g/mol. The predicted octanol–water partition coefficient (Wildman–Crippen LogP) is 1.22. The Morgan fingerprint density at radius 1 is 1.58 bits per heavy atom. The molecule has 0 saturated carbocycles. The first-order valence-electron chi connectivity index (χ1n) is 3.96. The highest BCUT2D eigenvalue weighted by Crippen LogP contribution is 2.11. The maximum absolute atomic E-state index is 11.2. The van der Waals surface area contributed by atoms with E-state index >= 15 is 0 Å². The van der Waals surface area contributed by atoms with Crippen molar-refractivity contribution in [2.24, 2.45) is 0 Å². The number of amides is 1. The third-order valence-electron chi connectivity index (χ3n) is 1.88. The van der Waals surface area contributed by atoms with E-state index in [1.165, 1.54) is 0 Å². The fourth-order valence-corrected chi connectivity index (χ4v) is 1.03. The van der Waals surface area contributed by atoms with Crippen LogP contribution in [0.2, 0.25) is 0 Å². The van der Waals surface area contributed by atoms with Crippen LogP contribution < -0.4 is 4.74 Å². The fraction of sp³-hybridized carbons (Fsp3) is 0.375. The highest BCUT2D eigenvalue weighted by Gasteiger charge is 2.21. The molecule has 0 unspecified atom stereocenters. The molecule has 0 atom stereocenters. The van der Waals surface area contributed by atoms with Gasteiger partial charge in [-0.05, 0) is 12.5 Å². The Kier molecular flexibility index (Phi) is 1.74. The van der Waals surface area contributed by atoms with Gasteiger partial charge < -0.3 is 14.6 Å². The summed E-state index contributed by atoms with van der Waals surface area (Å²) >= 11 is 0. The highest BCUT2D eigenvalue weighted by atomic mass is 16.6. The van der Waals surface area contributed by atoms with E-state index in [0.29, 0.717) is 5.88 Å². The second-order valence-electron chi connectivity index (χ2n) is 2.74. The van der Waals surface area contributed by atoms with E-state index in [2.05, 4.69) is 4.98 Å². The Bertz CT molecular complexity index is 265. The van der Waals surface area contributed by atoms with E-state index < -0.39 is 0 Å². The molecule has 2 rings (SSSR count). The molecule has 1 aliphatic rings. The molecule has 1 saturated heterocycles. The minimum atomic E-state index is -0.260. The predicted molar refractivity (Wildman–Crippen MR) is 43.0 cm³/mol. The Morgan fingerprint density at radius 3 is 2.92 bits per heavy atom. The van der Waals surface area contributed by atoms with Gasteiger partial charge in [0.05, 0.1) is 0 Å². The quantitative estimate of drug-likeness (QED) is 0.681. The summed E-state index contributed by atoms with van der Waals surface area (Å²) in [4.78, 5) is 15.6. The number of ether oxygens (including phenoxy) is 1. The Morgan fingerprint density at radius 2 is 2.42 bits per heavy atom. The molecule has 4 heteroatoms. The molecule has 0 spiro atoms. The molecular formula is C8H10N2O2. The van der Waals surface area contributed by atoms with Gasteiger partial charge in [-0.15, -0.1) is 0 Å². The van der Waals surface area contributed by atoms with Crippen molar-refractivity contribution >= 4 is 6.09 Å². The molecule has 2 heterocycles. The van der Waals surface area contributed by atoms with Crippen LogP contribution in [0.5, 0.6) is 5.88 Å². The summed E-state index contributed by atoms with van der Waals surface area (Å²) < 4.78 is 4.99. The van der Waals surface area contributed by atoms with Crippen molar-refractivity contribution in [3.63, 3.8) is 0 Å². The average molecular weight is 166 g/mol. The van der Waals surface area contributed by atoms with Crippen LogP contribution in [-0.2, 0) is 0 Å². The van der Waals surface area contributed by atoms with Gasteiger partial charge in [0.2, 0.25) is 5.88 Å². The normalized spacial score (nSPS) is 15.5. The number of aromatic amines is 1. The first-order chi connectivity index (χ1) is 5.86. The van der Waals surface area contributed by atoms with Crippen LogP contribution in [0.3, 0.4) is 0 Å². The first kappa shape index (κ1) is 7.21. The summed E-state index contributed by atoms with van der Waals surface area (Å²) in [7, 11) is 0. The van der Waals surface area contributed by atoms with Crippen LogP contribution in [-0.4, -0.2) is 29.1 Å². The van der Waals surface area contributed by atoms with Gasteiger partial charge in [-0.2, -0.15) is 0 Å². The number of rotatable bonds is 1. The summed E-state index contributed by atoms with van der Waals surface area (Å²) in [6.45, 7) is 1.64. The molecule has 12 heavy (non-hydrogen) atoms. The van der Waals surface area contributed by atoms with Crippen LogP contribution in [0.1, 0.15) is 6.42 Å². The van der Waals surface area contributed by atoms with Gasteiger partial charge in [-0.25, -0.2) is 4.79 Å². The first-order valence-corrected chi connectivity index (χ1v) is 3.96. The van der Waals surface area contributed by atoms with Gasteiger partial charge in [0.15, 0.2) is 0 Å². The molecule has 1 aromatic heterocycles. The molecule has 0 bridgehead atoms. The molecule has 1 N–H and O–H groups in total. The minimum Gasteiger partial charge on any atom is -0.393 e. The molecular weight excluding hydrogens is 156 g/mol. The molecule has 4 nitrogen and oxygen atoms in total. The molecule has 1 aromatic rings. The van der Waals surface area contributed by atoms with Gasteiger partial charge in [-0.1, -0.05) is 0 Å². The topological polar surface area (TPSA) is 45.3 Å². The Labute approximate surface area is 70.1 Å². The van der Waals surface area contributed by atoms with Crippen molar-refractivity contribution < 1.29 is 9.53 Å². The van der Waals surface area contributed by atoms with Crippen molar-refractivity contribution in [1.82, 2.24) is 9.88 Å². The molecule has 1 fully saturated rings. The van der Waals surface area contributed by atoms with E-state index in [0.717, 1.165) is 19.5 Å². The second-order valence-corrected chi connectivity index (χ2v) is 2.74. The van der Waals surface area contributed by atoms with E-state index in [1.54, 1.807) is 23.2 Å². The molecule has 1 aliphatic heterocycles. The van der Waals surface area contributed by atoms with Gasteiger partial charge in [0, 0.05) is 25.4 Å². The maximum atomic E-state index is 11.2. The fourth-order valence-electron chi connectivity index (χ4n) is 1.03. The zero-order valence-corrected chi connectivity index (χ0v) is 6.62. The van der Waals surface area contributed by atoms with Gasteiger partial charge in [0.25, 0.3) is 0 Å². The van der Waals surface area contributed by atoms with Crippen LogP contribution in [0.25, 0.3) is 0 Å². The maximum Gasteiger partial charge on any atom is 0.416 e. The number of carbonyl (C=O) groups excluding carboxylic acids is 1. The number of H-pyrrole nitrogens is 1. The van der Waals surface area contributed by atoms with Crippen molar-refractivity contribution in [3.05, 3.63) is 18.3 Å². The number of carbonyl (C=O) groups is 1. The van der Waals surface area contributed by atoms with Crippen molar-refractivity contribution in [3.8, 4) is 5.88 Å². The van der Waals surface area contributed by atoms with E-state index in [-0.39, 0.29) is 6.09 Å². The van der Waals surface area contributed by atoms with Crippen molar-refractivity contribution in [1.29, 1.82) is 0 Å². The lowest BCUT2D eigenvalue weighted by atomic mass is 10.2. The largest absolute Gasteiger partial charge is 0.416 e. The lowest BCUT2D eigenvalue weighted by molar-refractivity contribution is 0.123. The highest BCUT2D eigenvalue weighted by molar-refractivity contribution is 5.70. The van der Waals surface area contributed by atoms with Gasteiger partial charge in [0.1, 0.15) is 0 Å². The average Bonchev–Trinajstić information content (AvgIpc) is 2.34. The number of hydrogen-bond acceptors (Lipinski definition) is 2. The minimum absolute atomic E-state index is 0.260. The molecule has 64 valence electrons. The van der Waals surface area contributed by atoms with Crippen LogP contribution >= 0.6 is 0 Å². The third kappa shape index (κ3) is 1.28. The number of nitrogens with one attached hydrogen (secondary N) is 1. The summed E-state index contributed by atoms with van der Waals surface area (Å²) in [5.74, 6) is 0.506. The molecule has 0 radical (unpaired) electrons. The Balaban J connectivity index is 1.90. The number of nitrogens with zero attached hydrogens (tertiary/aromatic N) is 1. The van der Waals surface area contributed by atoms with Crippen LogP contribution in [0.15, 0.2) is 18.3 Å². The number of likely N-dealkylation sites (tertiary alicyclic amines) is 1. The summed E-state index contributed by atoms with van der Waals surface area (Å²) in [6.07, 6.45) is 2.54. The molecule has 0 aliphatic carbocycles. The van der Waals surface area contributed by atoms with Gasteiger partial charge in [-0.3, -0.25) is 0 Å². The van der Waals surface area contributed by atoms with Crippen LogP contribution in [0.4, 0.5) is 4.79 Å². The Hall–Kier alpha value is -1.45. The van der Waals surface area contributed by atoms with E-state index in [1.807, 2.05) is 0 Å². The summed E-state index contributed by atoms with van der Waals surface area (Å²) in [5, 5.41) is 0. The summed E-state index contributed by atoms with van der Waals surface area (Å²) in [6, 6.07) is 3.51. The van der Waals surface area contributed by atoms with Crippen LogP contribution in [0, 0.1) is 0 Å². The number of aromatic nitrogens is 1. The SMILES string of the molecule is O=C(Oc1ccc[nH]1)N1CCC1. The molecule has 1 amide bonds. The lowest BCUT2D eigenvalue weighted by Crippen LogP contribution is -2.43. The van der Waals surface area contributed by atoms with Crippen molar-refractivity contribution in [2.45, 2.75) is 6.42 Å². The smallest absolute Gasteiger partial charge is 0.393 e. The molecule has 0 aromatic carbocycles. The standard InChI is InChI=1S/C8H10N2O2/c11-8(10-5-2-6-10)12-7-3-1-4-9-7/h1,3-4,9H,2,5-6H2. The number of hydrogen-bond donors (Lipinski definition) is 1. The second kappa shape index (κ2) is 2.89. The zero-order valence-electron chi connectivity index (χ0n) is 6.62. The van der Waals surface area contributed by atoms with E-state index in [4.69, 9.17) is 4.74 Å².